The van der Waals surface area contributed by atoms with Gasteiger partial charge < -0.3 is 9.97 Å². The van der Waals surface area contributed by atoms with Crippen molar-refractivity contribution in [3.05, 3.63) is 131 Å². The van der Waals surface area contributed by atoms with E-state index >= 15 is 0 Å². The SMILES string of the molecule is C1=Cc2cc3ccc(cc4ccc(cc5nc(cc1n2)C=C5)[nH]4)[nH]3.CCCCCCC1(CCCCCC)c2ccccc2-c2ccccc21. The number of H-pyrrole nitrogens is 2. The summed E-state index contributed by atoms with van der Waals surface area (Å²) in [6.07, 6.45) is 21.5. The largest absolute Gasteiger partial charge is 0.355 e. The highest BCUT2D eigenvalue weighted by Crippen LogP contribution is 2.54. The van der Waals surface area contributed by atoms with Crippen LogP contribution in [0.3, 0.4) is 0 Å². The van der Waals surface area contributed by atoms with Gasteiger partial charge in [0.05, 0.1) is 22.8 Å². The maximum Gasteiger partial charge on any atom is 0.0659 e. The van der Waals surface area contributed by atoms with Gasteiger partial charge in [0.25, 0.3) is 0 Å². The van der Waals surface area contributed by atoms with Gasteiger partial charge in [0.1, 0.15) is 0 Å². The second-order valence-electron chi connectivity index (χ2n) is 13.7. The van der Waals surface area contributed by atoms with E-state index in [0.29, 0.717) is 0 Å². The molecule has 0 fully saturated rings. The van der Waals surface area contributed by atoms with Gasteiger partial charge in [0, 0.05) is 27.5 Å². The third-order valence-electron chi connectivity index (χ3n) is 10.1. The third kappa shape index (κ3) is 7.39. The first-order valence-corrected chi connectivity index (χ1v) is 18.4. The lowest BCUT2D eigenvalue weighted by Crippen LogP contribution is -2.25. The number of nitrogens with zero attached hydrogens (tertiary/aromatic N) is 2. The Labute approximate surface area is 291 Å². The molecule has 0 saturated carbocycles. The number of fused-ring (bicyclic) bond motifs is 11. The van der Waals surface area contributed by atoms with Crippen LogP contribution in [0.5, 0.6) is 0 Å². The van der Waals surface area contributed by atoms with E-state index in [-0.39, 0.29) is 5.41 Å². The fourth-order valence-corrected chi connectivity index (χ4v) is 7.73. The molecule has 0 saturated heterocycles. The Bertz CT molecular complexity index is 1980. The number of hydrogen-bond donors (Lipinski definition) is 2. The van der Waals surface area contributed by atoms with E-state index < -0.39 is 0 Å². The van der Waals surface area contributed by atoms with Crippen LogP contribution in [0.2, 0.25) is 0 Å². The fraction of sp³-hybridized carbons (Fsp3) is 0.289. The first kappa shape index (κ1) is 32.6. The Morgan fingerprint density at radius 1 is 0.449 bits per heavy atom. The standard InChI is InChI=1S/C25H34.C20H14N4/c1-3-5-7-13-19-25(20-14-8-6-4-2)23-17-11-9-15-21(23)22-16-10-12-18-24(22)25;1-2-14-10-16-5-6-18(23-16)12-20-8-7-19(24-20)11-17-4-3-15(22-17)9-13(1)21-14/h9-12,15-18H,3-8,13-14,19-20H2,1-2H3;1-12,21-22H. The molecule has 49 heavy (non-hydrogen) atoms. The van der Waals surface area contributed by atoms with Gasteiger partial charge >= 0.3 is 0 Å². The van der Waals surface area contributed by atoms with Gasteiger partial charge in [-0.1, -0.05) is 114 Å². The molecule has 3 aromatic heterocycles. The topological polar surface area (TPSA) is 57.4 Å². The van der Waals surface area contributed by atoms with E-state index in [9.17, 15) is 0 Å². The Morgan fingerprint density at radius 3 is 1.31 bits per heavy atom. The van der Waals surface area contributed by atoms with Crippen LogP contribution < -0.4 is 0 Å². The summed E-state index contributed by atoms with van der Waals surface area (Å²) in [5.74, 6) is 0. The number of benzene rings is 2. The number of unbranched alkanes of at least 4 members (excludes halogenated alkanes) is 6. The van der Waals surface area contributed by atoms with E-state index in [1.54, 1.807) is 11.1 Å². The van der Waals surface area contributed by atoms with Gasteiger partial charge in [-0.2, -0.15) is 0 Å². The number of aromatic amines is 2. The Hall–Kier alpha value is -4.96. The zero-order chi connectivity index (χ0) is 33.5. The molecule has 0 amide bonds. The van der Waals surface area contributed by atoms with E-state index in [2.05, 4.69) is 113 Å². The summed E-state index contributed by atoms with van der Waals surface area (Å²) < 4.78 is 0. The molecular formula is C45H48N4. The van der Waals surface area contributed by atoms with E-state index in [4.69, 9.17) is 0 Å². The first-order valence-electron chi connectivity index (χ1n) is 18.4. The number of aromatic nitrogens is 4. The molecule has 2 aliphatic heterocycles. The fourth-order valence-electron chi connectivity index (χ4n) is 7.73. The molecule has 4 heteroatoms. The third-order valence-corrected chi connectivity index (χ3v) is 10.1. The molecule has 2 N–H and O–H groups in total. The number of nitrogens with one attached hydrogen (secondary N) is 2. The summed E-state index contributed by atoms with van der Waals surface area (Å²) in [6.45, 7) is 4.61. The summed E-state index contributed by atoms with van der Waals surface area (Å²) in [7, 11) is 0. The van der Waals surface area contributed by atoms with Crippen molar-refractivity contribution in [2.45, 2.75) is 83.5 Å². The predicted octanol–water partition coefficient (Wildman–Crippen LogP) is 12.5. The molecular weight excluding hydrogens is 597 g/mol. The van der Waals surface area contributed by atoms with Gasteiger partial charge in [-0.05, 0) is 108 Å². The minimum absolute atomic E-state index is 0.259. The van der Waals surface area contributed by atoms with Crippen molar-refractivity contribution < 1.29 is 0 Å². The van der Waals surface area contributed by atoms with Crippen molar-refractivity contribution >= 4 is 46.4 Å². The van der Waals surface area contributed by atoms with Crippen molar-refractivity contribution in [1.82, 2.24) is 19.9 Å². The smallest absolute Gasteiger partial charge is 0.0659 e. The van der Waals surface area contributed by atoms with Gasteiger partial charge in [-0.25, -0.2) is 9.97 Å². The van der Waals surface area contributed by atoms with Gasteiger partial charge in [0.2, 0.25) is 0 Å². The molecule has 1 aliphatic carbocycles. The second-order valence-corrected chi connectivity index (χ2v) is 13.7. The first-order chi connectivity index (χ1) is 24.1. The summed E-state index contributed by atoms with van der Waals surface area (Å²) in [4.78, 5) is 16.0. The molecule has 5 heterocycles. The predicted molar refractivity (Wildman–Crippen MR) is 209 cm³/mol. The molecule has 248 valence electrons. The van der Waals surface area contributed by atoms with Crippen LogP contribution in [0.4, 0.5) is 0 Å². The van der Waals surface area contributed by atoms with E-state index in [0.717, 1.165) is 44.8 Å². The highest BCUT2D eigenvalue weighted by molar-refractivity contribution is 5.81. The van der Waals surface area contributed by atoms with Crippen LogP contribution in [0.15, 0.2) is 97.1 Å². The van der Waals surface area contributed by atoms with Gasteiger partial charge in [0.15, 0.2) is 0 Å². The maximum absolute atomic E-state index is 4.62. The maximum atomic E-state index is 4.62. The van der Waals surface area contributed by atoms with Crippen LogP contribution in [-0.2, 0) is 5.41 Å². The van der Waals surface area contributed by atoms with Gasteiger partial charge in [-0.15, -0.1) is 0 Å². The molecule has 8 bridgehead atoms. The average molecular weight is 645 g/mol. The second kappa shape index (κ2) is 15.1. The number of hydrogen-bond acceptors (Lipinski definition) is 2. The van der Waals surface area contributed by atoms with Crippen LogP contribution >= 0.6 is 0 Å². The van der Waals surface area contributed by atoms with Crippen molar-refractivity contribution in [3.8, 4) is 11.1 Å². The van der Waals surface area contributed by atoms with Crippen LogP contribution in [0.1, 0.15) is 112 Å². The van der Waals surface area contributed by atoms with Crippen LogP contribution in [0, 0.1) is 0 Å². The highest BCUT2D eigenvalue weighted by Gasteiger charge is 2.41. The van der Waals surface area contributed by atoms with Crippen molar-refractivity contribution in [3.63, 3.8) is 0 Å². The van der Waals surface area contributed by atoms with Crippen molar-refractivity contribution in [1.29, 1.82) is 0 Å². The van der Waals surface area contributed by atoms with Crippen LogP contribution in [-0.4, -0.2) is 19.9 Å². The van der Waals surface area contributed by atoms with E-state index in [1.807, 2.05) is 42.5 Å². The summed E-state index contributed by atoms with van der Waals surface area (Å²) >= 11 is 0. The molecule has 0 spiro atoms. The Morgan fingerprint density at radius 2 is 0.857 bits per heavy atom. The highest BCUT2D eigenvalue weighted by atomic mass is 14.8. The summed E-state index contributed by atoms with van der Waals surface area (Å²) in [6, 6.07) is 34.8. The van der Waals surface area contributed by atoms with Crippen molar-refractivity contribution in [2.24, 2.45) is 0 Å². The zero-order valence-electron chi connectivity index (χ0n) is 29.0. The molecule has 3 aliphatic rings. The monoisotopic (exact) mass is 644 g/mol. The molecule has 4 nitrogen and oxygen atoms in total. The lowest BCUT2D eigenvalue weighted by molar-refractivity contribution is 0.401. The minimum atomic E-state index is 0.259. The summed E-state index contributed by atoms with van der Waals surface area (Å²) in [5, 5.41) is 0. The lowest BCUT2D eigenvalue weighted by atomic mass is 9.70. The summed E-state index contributed by atoms with van der Waals surface area (Å²) in [5.41, 5.74) is 14.3. The average Bonchev–Trinajstić information content (AvgIpc) is 3.97. The number of rotatable bonds is 10. The van der Waals surface area contributed by atoms with Crippen molar-refractivity contribution in [2.75, 3.05) is 0 Å². The van der Waals surface area contributed by atoms with Crippen LogP contribution in [0.25, 0.3) is 57.5 Å². The molecule has 0 atom stereocenters. The minimum Gasteiger partial charge on any atom is -0.355 e. The molecule has 0 unspecified atom stereocenters. The molecule has 8 rings (SSSR count). The van der Waals surface area contributed by atoms with Gasteiger partial charge in [-0.3, -0.25) is 0 Å². The van der Waals surface area contributed by atoms with E-state index in [1.165, 1.54) is 75.3 Å². The molecule has 0 radical (unpaired) electrons. The zero-order valence-corrected chi connectivity index (χ0v) is 29.0. The quantitative estimate of drug-likeness (QED) is 0.146. The molecule has 5 aromatic rings. The Balaban J connectivity index is 0.000000154. The lowest BCUT2D eigenvalue weighted by Gasteiger charge is -2.33. The normalized spacial score (nSPS) is 13.5. The Kier molecular flexibility index (Phi) is 10.0. The molecule has 2 aromatic carbocycles.